The highest BCUT2D eigenvalue weighted by Gasteiger charge is 2.45. The van der Waals surface area contributed by atoms with Crippen LogP contribution in [0.3, 0.4) is 0 Å². The van der Waals surface area contributed by atoms with E-state index in [4.69, 9.17) is 0 Å². The highest BCUT2D eigenvalue weighted by atomic mass is 32.3. The molecule has 1 fully saturated rings. The minimum Gasteiger partial charge on any atom is -0.724 e. The molecule has 1 aromatic heterocycles. The van der Waals surface area contributed by atoms with Crippen molar-refractivity contribution in [2.75, 3.05) is 13.1 Å². The third-order valence-electron chi connectivity index (χ3n) is 7.50. The monoisotopic (exact) mass is 629 g/mol. The highest BCUT2D eigenvalue weighted by molar-refractivity contribution is 7.98. The van der Waals surface area contributed by atoms with Crippen LogP contribution in [0.25, 0.3) is 5.57 Å². The maximum Gasteiger partial charge on any atom is 0.346 e. The second-order valence-electron chi connectivity index (χ2n) is 10.2. The van der Waals surface area contributed by atoms with Crippen molar-refractivity contribution in [3.8, 4) is 0 Å². The molecule has 1 atom stereocenters. The Morgan fingerprint density at radius 1 is 0.841 bits per heavy atom. The van der Waals surface area contributed by atoms with Gasteiger partial charge in [0.25, 0.3) is 5.56 Å². The van der Waals surface area contributed by atoms with Gasteiger partial charge in [-0.3, -0.25) is 4.79 Å². The molecule has 44 heavy (non-hydrogen) atoms. The van der Waals surface area contributed by atoms with E-state index < -0.39 is 29.7 Å². The van der Waals surface area contributed by atoms with E-state index in [2.05, 4.69) is 114 Å². The fourth-order valence-corrected chi connectivity index (χ4v) is 9.71. The number of hydroxylamine groups is 2. The summed E-state index contributed by atoms with van der Waals surface area (Å²) in [5.74, 6) is 2.41. The van der Waals surface area contributed by atoms with E-state index in [1.165, 1.54) is 25.4 Å². The number of benzene rings is 3. The molecule has 0 radical (unpaired) electrons. The zero-order valence-electron chi connectivity index (χ0n) is 24.3. The molecule has 1 unspecified atom stereocenters. The van der Waals surface area contributed by atoms with Gasteiger partial charge in [0, 0.05) is 25.4 Å². The van der Waals surface area contributed by atoms with Crippen molar-refractivity contribution in [1.29, 1.82) is 0 Å². The first-order chi connectivity index (χ1) is 21.2. The number of pyridine rings is 1. The molecule has 0 saturated carbocycles. The lowest BCUT2D eigenvalue weighted by atomic mass is 9.97. The van der Waals surface area contributed by atoms with Crippen molar-refractivity contribution in [3.63, 3.8) is 0 Å². The Bertz CT molecular complexity index is 1750. The largest absolute Gasteiger partial charge is 0.724 e. The van der Waals surface area contributed by atoms with Crippen LogP contribution in [-0.2, 0) is 21.7 Å². The van der Waals surface area contributed by atoms with Crippen LogP contribution < -0.4 is 21.5 Å². The zero-order chi connectivity index (χ0) is 31.3. The Hall–Kier alpha value is -4.34. The molecule has 11 heteroatoms. The Labute approximate surface area is 257 Å². The molecule has 6 rings (SSSR count). The number of hydrogen-bond acceptors (Lipinski definition) is 6. The molecule has 2 bridgehead atoms. The van der Waals surface area contributed by atoms with Gasteiger partial charge in [-0.1, -0.05) is 66.7 Å². The van der Waals surface area contributed by atoms with Crippen LogP contribution in [-0.4, -0.2) is 52.7 Å². The second kappa shape index (κ2) is 13.1. The fraction of sp³-hybridized carbons (Fsp3) is 0.152. The summed E-state index contributed by atoms with van der Waals surface area (Å²) in [5.41, 5.74) is 0.514. The highest BCUT2D eigenvalue weighted by Crippen LogP contribution is 2.56. The van der Waals surface area contributed by atoms with E-state index in [1.807, 2.05) is 0 Å². The van der Waals surface area contributed by atoms with Gasteiger partial charge < -0.3 is 14.0 Å². The molecular formula is C33H32N3O6PS. The van der Waals surface area contributed by atoms with Crippen molar-refractivity contribution in [1.82, 2.24) is 14.5 Å². The number of carbonyl (C=O) groups excluding carboxylic acids is 1. The quantitative estimate of drug-likeness (QED) is 0.175. The molecule has 0 N–H and O–H groups in total. The Morgan fingerprint density at radius 2 is 1.36 bits per heavy atom. The first-order valence-electron chi connectivity index (χ1n) is 13.9. The van der Waals surface area contributed by atoms with Gasteiger partial charge in [-0.2, -0.15) is 9.35 Å². The van der Waals surface area contributed by atoms with Gasteiger partial charge in [0.1, 0.15) is 29.2 Å². The Kier molecular flexibility index (Phi) is 9.27. The average molecular weight is 630 g/mol. The number of urea groups is 1. The predicted molar refractivity (Wildman–Crippen MR) is 173 cm³/mol. The fourth-order valence-electron chi connectivity index (χ4n) is 5.56. The SMILES string of the molecule is C/C=C\[P+](c1ccccc1)(c1ccccc1)c1ccccc1.Cn1cccc(C2=CCN3CC2N(OS(=O)(=O)[O-])C3=O)c1=O. The van der Waals surface area contributed by atoms with E-state index in [0.717, 1.165) is 0 Å². The van der Waals surface area contributed by atoms with Gasteiger partial charge in [0.15, 0.2) is 0 Å². The molecule has 0 aliphatic carbocycles. The predicted octanol–water partition coefficient (Wildman–Crippen LogP) is 3.79. The third-order valence-corrected chi connectivity index (χ3v) is 11.9. The van der Waals surface area contributed by atoms with Crippen LogP contribution in [0, 0.1) is 0 Å². The normalized spacial score (nSPS) is 16.5. The summed E-state index contributed by atoms with van der Waals surface area (Å²) in [6, 6.07) is 34.3. The van der Waals surface area contributed by atoms with Crippen molar-refractivity contribution >= 4 is 45.2 Å². The molecular weight excluding hydrogens is 597 g/mol. The van der Waals surface area contributed by atoms with Gasteiger partial charge in [-0.25, -0.2) is 13.2 Å². The summed E-state index contributed by atoms with van der Waals surface area (Å²) in [4.78, 5) is 25.5. The van der Waals surface area contributed by atoms with Crippen LogP contribution in [0.4, 0.5) is 4.79 Å². The van der Waals surface area contributed by atoms with Gasteiger partial charge >= 0.3 is 6.03 Å². The van der Waals surface area contributed by atoms with E-state index >= 15 is 0 Å². The topological polar surface area (TPSA) is 112 Å². The van der Waals surface area contributed by atoms with Crippen molar-refractivity contribution in [2.45, 2.75) is 13.0 Å². The van der Waals surface area contributed by atoms with Gasteiger partial charge in [-0.05, 0) is 61.0 Å². The maximum atomic E-state index is 12.2. The lowest BCUT2D eigenvalue weighted by Gasteiger charge is -2.25. The number of nitrogens with zero attached hydrogens (tertiary/aromatic N) is 3. The molecule has 2 amide bonds. The smallest absolute Gasteiger partial charge is 0.346 e. The van der Waals surface area contributed by atoms with Crippen LogP contribution in [0.1, 0.15) is 12.5 Å². The first kappa shape index (κ1) is 31.1. The number of amides is 2. The molecule has 0 spiro atoms. The van der Waals surface area contributed by atoms with Crippen molar-refractivity contribution in [3.05, 3.63) is 143 Å². The maximum absolute atomic E-state index is 12.2. The average Bonchev–Trinajstić information content (AvgIpc) is 3.27. The van der Waals surface area contributed by atoms with E-state index in [0.29, 0.717) is 16.2 Å². The Balaban J connectivity index is 0.000000175. The number of aromatic nitrogens is 1. The summed E-state index contributed by atoms with van der Waals surface area (Å²) in [7, 11) is -5.24. The van der Waals surface area contributed by atoms with Gasteiger partial charge in [0.05, 0.1) is 12.4 Å². The zero-order valence-corrected chi connectivity index (χ0v) is 26.0. The standard InChI is InChI=1S/C21H20P.C12H13N3O6S/c1-2-18-22(19-12-6-3-7-13-19,20-14-8-4-9-15-20)21-16-10-5-11-17-21;1-13-5-2-3-9(11(13)16)8-4-6-14-7-10(8)15(12(14)17)21-22(18,19)20/h2-18H,1H3;2-5,10H,6-7H2,1H3,(H,18,19,20)/q+1;/p-1/b18-2-;. The molecule has 3 aromatic carbocycles. The summed E-state index contributed by atoms with van der Waals surface area (Å²) in [6.07, 6.45) is 5.43. The molecule has 4 aromatic rings. The van der Waals surface area contributed by atoms with E-state index in [9.17, 15) is 22.6 Å². The summed E-state index contributed by atoms with van der Waals surface area (Å²) < 4.78 is 38.1. The Morgan fingerprint density at radius 3 is 1.84 bits per heavy atom. The molecule has 226 valence electrons. The number of allylic oxidation sites excluding steroid dienone is 1. The number of hydrogen-bond donors (Lipinski definition) is 0. The van der Waals surface area contributed by atoms with Crippen molar-refractivity contribution < 1.29 is 22.0 Å². The van der Waals surface area contributed by atoms with Crippen LogP contribution in [0.5, 0.6) is 0 Å². The third kappa shape index (κ3) is 6.30. The van der Waals surface area contributed by atoms with Crippen molar-refractivity contribution in [2.24, 2.45) is 7.05 Å². The molecule has 9 nitrogen and oxygen atoms in total. The summed E-state index contributed by atoms with van der Waals surface area (Å²) in [6.45, 7) is 2.48. The van der Waals surface area contributed by atoms with Gasteiger partial charge in [-0.15, -0.1) is 0 Å². The summed E-state index contributed by atoms with van der Waals surface area (Å²) in [5, 5.41) is 4.70. The number of fused-ring (bicyclic) bond motifs is 2. The van der Waals surface area contributed by atoms with E-state index in [-0.39, 0.29) is 18.6 Å². The van der Waals surface area contributed by atoms with Crippen LogP contribution in [0.2, 0.25) is 0 Å². The molecule has 3 heterocycles. The minimum absolute atomic E-state index is 0.151. The van der Waals surface area contributed by atoms with Crippen LogP contribution >= 0.6 is 7.26 Å². The minimum atomic E-state index is -5.09. The first-order valence-corrected chi connectivity index (χ1v) is 17.1. The molecule has 2 aliphatic rings. The molecule has 2 aliphatic heterocycles. The van der Waals surface area contributed by atoms with Gasteiger partial charge in [0.2, 0.25) is 10.4 Å². The van der Waals surface area contributed by atoms with E-state index in [1.54, 1.807) is 31.5 Å². The number of carbonyl (C=O) groups is 1. The summed E-state index contributed by atoms with van der Waals surface area (Å²) >= 11 is 0. The van der Waals surface area contributed by atoms with Crippen LogP contribution in [0.15, 0.2) is 132 Å². The lowest BCUT2D eigenvalue weighted by molar-refractivity contribution is -0.0172. The number of rotatable bonds is 7. The lowest BCUT2D eigenvalue weighted by Crippen LogP contribution is -2.37. The molecule has 1 saturated heterocycles. The number of aryl methyl sites for hydroxylation is 1. The second-order valence-corrected chi connectivity index (χ2v) is 14.5.